The topological polar surface area (TPSA) is 12.9 Å². The van der Waals surface area contributed by atoms with Crippen LogP contribution in [0.4, 0.5) is 0 Å². The van der Waals surface area contributed by atoms with Gasteiger partial charge in [0.1, 0.15) is 0 Å². The fraction of sp³-hybridized carbons (Fsp3) is 0.154. The van der Waals surface area contributed by atoms with E-state index in [-0.39, 0.29) is 0 Å². The minimum atomic E-state index is -2.08. The maximum atomic E-state index is 7.39. The first-order chi connectivity index (χ1) is 7.98. The van der Waals surface area contributed by atoms with Crippen molar-refractivity contribution in [3.63, 3.8) is 0 Å². The van der Waals surface area contributed by atoms with Gasteiger partial charge in [0.05, 0.1) is 5.69 Å². The molecule has 0 bridgehead atoms. The minimum Gasteiger partial charge on any atom is -0.256 e. The van der Waals surface area contributed by atoms with E-state index < -0.39 is 6.85 Å². The quantitative estimate of drug-likeness (QED) is 0.665. The van der Waals surface area contributed by atoms with E-state index in [1.165, 1.54) is 6.07 Å². The molecule has 0 saturated carbocycles. The van der Waals surface area contributed by atoms with Gasteiger partial charge in [-0.2, -0.15) is 0 Å². The van der Waals surface area contributed by atoms with E-state index >= 15 is 0 Å². The Morgan fingerprint density at radius 3 is 2.86 bits per heavy atom. The molecule has 1 heterocycles. The van der Waals surface area contributed by atoms with Crippen molar-refractivity contribution in [3.8, 4) is 11.3 Å². The zero-order valence-corrected chi connectivity index (χ0v) is 7.99. The van der Waals surface area contributed by atoms with Gasteiger partial charge >= 0.3 is 0 Å². The second-order valence-corrected chi connectivity index (χ2v) is 3.24. The summed E-state index contributed by atoms with van der Waals surface area (Å²) in [6.45, 7) is -0.0978. The molecular weight excluding hydrogens is 170 g/mol. The third-order valence-corrected chi connectivity index (χ3v) is 2.18. The van der Waals surface area contributed by atoms with Crippen LogP contribution in [0.25, 0.3) is 11.3 Å². The molecule has 0 fully saturated rings. The van der Waals surface area contributed by atoms with Gasteiger partial charge in [-0.25, -0.2) is 0 Å². The minimum absolute atomic E-state index is 0.325. The van der Waals surface area contributed by atoms with Crippen molar-refractivity contribution in [1.29, 1.82) is 0 Å². The summed E-state index contributed by atoms with van der Waals surface area (Å²) in [5.41, 5.74) is 3.09. The Morgan fingerprint density at radius 2 is 2.07 bits per heavy atom. The first-order valence-electron chi connectivity index (χ1n) is 6.01. The van der Waals surface area contributed by atoms with Crippen molar-refractivity contribution < 1.29 is 4.11 Å². The van der Waals surface area contributed by atoms with Crippen LogP contribution in [-0.2, 0) is 0 Å². The number of nitrogens with zero attached hydrogens (tertiary/aromatic N) is 1. The third-order valence-electron chi connectivity index (χ3n) is 2.18. The van der Waals surface area contributed by atoms with E-state index in [2.05, 4.69) is 4.98 Å². The zero-order chi connectivity index (χ0) is 12.5. The van der Waals surface area contributed by atoms with Crippen LogP contribution >= 0.6 is 0 Å². The highest BCUT2D eigenvalue weighted by atomic mass is 14.7. The Balaban J connectivity index is 2.51. The van der Waals surface area contributed by atoms with Crippen LogP contribution in [0.5, 0.6) is 0 Å². The second-order valence-electron chi connectivity index (χ2n) is 3.24. The third kappa shape index (κ3) is 1.67. The van der Waals surface area contributed by atoms with Crippen LogP contribution in [0, 0.1) is 13.8 Å². The summed E-state index contributed by atoms with van der Waals surface area (Å²) in [6.07, 6.45) is 1.55. The highest BCUT2D eigenvalue weighted by Crippen LogP contribution is 2.21. The van der Waals surface area contributed by atoms with E-state index in [9.17, 15) is 0 Å². The lowest BCUT2D eigenvalue weighted by molar-refractivity contribution is 1.27. The molecule has 2 aromatic rings. The number of hydrogen-bond donors (Lipinski definition) is 0. The maximum Gasteiger partial charge on any atom is 0.0707 e. The van der Waals surface area contributed by atoms with Crippen LogP contribution in [-0.4, -0.2) is 4.98 Å². The van der Waals surface area contributed by atoms with Crippen molar-refractivity contribution in [2.45, 2.75) is 13.8 Å². The number of aromatic nitrogens is 1. The van der Waals surface area contributed by atoms with Crippen molar-refractivity contribution in [3.05, 3.63) is 53.7 Å². The molecule has 0 amide bonds. The van der Waals surface area contributed by atoms with Gasteiger partial charge in [-0.1, -0.05) is 24.3 Å². The lowest BCUT2D eigenvalue weighted by atomic mass is 10.0. The number of benzene rings is 1. The Morgan fingerprint density at radius 1 is 1.21 bits per heavy atom. The van der Waals surface area contributed by atoms with Gasteiger partial charge < -0.3 is 0 Å². The summed E-state index contributed by atoms with van der Waals surface area (Å²) in [5, 5.41) is 0. The predicted octanol–water partition coefficient (Wildman–Crippen LogP) is 3.37. The number of rotatable bonds is 1. The predicted molar refractivity (Wildman–Crippen MR) is 59.1 cm³/mol. The molecule has 1 aromatic carbocycles. The molecule has 0 radical (unpaired) electrons. The highest BCUT2D eigenvalue weighted by Gasteiger charge is 2.01. The lowest BCUT2D eigenvalue weighted by Gasteiger charge is -2.04. The van der Waals surface area contributed by atoms with Crippen molar-refractivity contribution in [2.75, 3.05) is 0 Å². The van der Waals surface area contributed by atoms with Gasteiger partial charge in [0, 0.05) is 15.9 Å². The van der Waals surface area contributed by atoms with Crippen molar-refractivity contribution in [2.24, 2.45) is 0 Å². The maximum absolute atomic E-state index is 7.39. The summed E-state index contributed by atoms with van der Waals surface area (Å²) in [5.74, 6) is 0. The molecule has 1 aromatic heterocycles. The van der Waals surface area contributed by atoms with Gasteiger partial charge in [0.25, 0.3) is 0 Å². The molecule has 0 aliphatic carbocycles. The first-order valence-corrected chi connectivity index (χ1v) is 4.51. The summed E-state index contributed by atoms with van der Waals surface area (Å²) >= 11 is 0. The molecule has 70 valence electrons. The van der Waals surface area contributed by atoms with Gasteiger partial charge in [-0.3, -0.25) is 4.98 Å². The summed E-state index contributed by atoms with van der Waals surface area (Å²) < 4.78 is 22.2. The van der Waals surface area contributed by atoms with Crippen LogP contribution in [0.1, 0.15) is 15.2 Å². The fourth-order valence-corrected chi connectivity index (χ4v) is 1.44. The molecule has 1 heteroatoms. The average molecular weight is 186 g/mol. The van der Waals surface area contributed by atoms with Gasteiger partial charge in [0.2, 0.25) is 0 Å². The smallest absolute Gasteiger partial charge is 0.0707 e. The molecule has 2 rings (SSSR count). The number of pyridine rings is 1. The SMILES string of the molecule is [2H]C([2H])([2H])c1ccnc(-c2ccccc2C)c1. The molecule has 0 saturated heterocycles. The molecular formula is C13H13N. The van der Waals surface area contributed by atoms with E-state index in [1.54, 1.807) is 12.3 Å². The molecule has 0 aliphatic heterocycles. The van der Waals surface area contributed by atoms with Crippen molar-refractivity contribution >= 4 is 0 Å². The van der Waals surface area contributed by atoms with Crippen LogP contribution in [0.3, 0.4) is 0 Å². The van der Waals surface area contributed by atoms with E-state index in [0.717, 1.165) is 11.1 Å². The average Bonchev–Trinajstić information content (AvgIpc) is 2.29. The lowest BCUT2D eigenvalue weighted by Crippen LogP contribution is -1.86. The van der Waals surface area contributed by atoms with Crippen molar-refractivity contribution in [1.82, 2.24) is 4.98 Å². The van der Waals surface area contributed by atoms with Gasteiger partial charge in [-0.15, -0.1) is 0 Å². The summed E-state index contributed by atoms with van der Waals surface area (Å²) in [6, 6.07) is 11.0. The molecule has 0 aliphatic rings. The normalized spacial score (nSPS) is 14.2. The van der Waals surface area contributed by atoms with E-state index in [0.29, 0.717) is 11.3 Å². The Kier molecular flexibility index (Phi) is 1.54. The Bertz CT molecular complexity index is 532. The fourth-order valence-electron chi connectivity index (χ4n) is 1.44. The van der Waals surface area contributed by atoms with Crippen LogP contribution < -0.4 is 0 Å². The monoisotopic (exact) mass is 186 g/mol. The van der Waals surface area contributed by atoms with Gasteiger partial charge in [0.15, 0.2) is 0 Å². The number of aryl methyl sites for hydroxylation is 2. The van der Waals surface area contributed by atoms with Crippen LogP contribution in [0.2, 0.25) is 0 Å². The molecule has 0 spiro atoms. The molecule has 0 N–H and O–H groups in total. The van der Waals surface area contributed by atoms with Gasteiger partial charge in [-0.05, 0) is 37.0 Å². The summed E-state index contributed by atoms with van der Waals surface area (Å²) in [7, 11) is 0. The Hall–Kier alpha value is -1.63. The highest BCUT2D eigenvalue weighted by molar-refractivity contribution is 5.63. The summed E-state index contributed by atoms with van der Waals surface area (Å²) in [4.78, 5) is 4.23. The van der Waals surface area contributed by atoms with Crippen LogP contribution in [0.15, 0.2) is 42.6 Å². The standard InChI is InChI=1S/C13H13N/c1-10-7-8-14-13(9-10)12-6-4-3-5-11(12)2/h3-9H,1-2H3/i1D3. The zero-order valence-electron chi connectivity index (χ0n) is 11.0. The second kappa shape index (κ2) is 3.62. The number of hydrogen-bond acceptors (Lipinski definition) is 1. The molecule has 0 atom stereocenters. The molecule has 14 heavy (non-hydrogen) atoms. The van der Waals surface area contributed by atoms with E-state index in [1.807, 2.05) is 31.2 Å². The Labute approximate surface area is 88.7 Å². The van der Waals surface area contributed by atoms with E-state index in [4.69, 9.17) is 4.11 Å². The molecule has 0 unspecified atom stereocenters. The first kappa shape index (κ1) is 5.97. The largest absolute Gasteiger partial charge is 0.256 e. The molecule has 1 nitrogen and oxygen atoms in total.